The minimum Gasteiger partial charge on any atom is -0.457 e. The average molecular weight is 276 g/mol. The van der Waals surface area contributed by atoms with E-state index < -0.39 is 0 Å². The molecule has 1 aromatic heterocycles. The first kappa shape index (κ1) is 14.4. The Hall–Kier alpha value is -2.01. The zero-order valence-electron chi connectivity index (χ0n) is 12.1. The lowest BCUT2D eigenvalue weighted by molar-refractivity contribution is -0.147. The molecular formula is C15H20N2O3. The number of carbonyl (C=O) groups is 1. The number of H-pyrrole nitrogens is 1. The second kappa shape index (κ2) is 6.43. The van der Waals surface area contributed by atoms with E-state index in [1.165, 1.54) is 12.5 Å². The molecule has 0 atom stereocenters. The summed E-state index contributed by atoms with van der Waals surface area (Å²) in [6, 6.07) is 5.81. The molecule has 1 aromatic carbocycles. The number of benzene rings is 1. The first-order chi connectivity index (χ1) is 9.58. The van der Waals surface area contributed by atoms with Gasteiger partial charge in [-0.15, -0.1) is 0 Å². The van der Waals surface area contributed by atoms with E-state index in [1.807, 2.05) is 38.5 Å². The standard InChI is InChI=1S/C15H20N2O3/c1-11(18)19-10-20-14-6-4-5-13-15(14)12(9-16-13)7-8-17(2)3/h4-6,9,16H,7-8,10H2,1-3H3. The Labute approximate surface area is 118 Å². The number of aromatic amines is 1. The summed E-state index contributed by atoms with van der Waals surface area (Å²) in [4.78, 5) is 16.2. The Morgan fingerprint density at radius 2 is 2.15 bits per heavy atom. The van der Waals surface area contributed by atoms with Crippen LogP contribution in [0.25, 0.3) is 10.9 Å². The van der Waals surface area contributed by atoms with Crippen molar-refractivity contribution in [2.45, 2.75) is 13.3 Å². The predicted molar refractivity (Wildman–Crippen MR) is 77.8 cm³/mol. The summed E-state index contributed by atoms with van der Waals surface area (Å²) in [5.74, 6) is 0.387. The summed E-state index contributed by atoms with van der Waals surface area (Å²) in [6.45, 7) is 2.26. The number of rotatable bonds is 6. The zero-order valence-corrected chi connectivity index (χ0v) is 12.1. The van der Waals surface area contributed by atoms with Gasteiger partial charge in [0.15, 0.2) is 0 Å². The van der Waals surface area contributed by atoms with Crippen molar-refractivity contribution in [1.82, 2.24) is 9.88 Å². The van der Waals surface area contributed by atoms with Crippen molar-refractivity contribution in [3.63, 3.8) is 0 Å². The van der Waals surface area contributed by atoms with Gasteiger partial charge in [0, 0.05) is 30.6 Å². The summed E-state index contributed by atoms with van der Waals surface area (Å²) in [5.41, 5.74) is 2.23. The summed E-state index contributed by atoms with van der Waals surface area (Å²) in [6.07, 6.45) is 2.94. The monoisotopic (exact) mass is 276 g/mol. The van der Waals surface area contributed by atoms with Gasteiger partial charge in [-0.1, -0.05) is 6.07 Å². The molecule has 5 nitrogen and oxygen atoms in total. The molecule has 108 valence electrons. The summed E-state index contributed by atoms with van der Waals surface area (Å²) in [7, 11) is 4.10. The Bertz CT molecular complexity index is 590. The van der Waals surface area contributed by atoms with Gasteiger partial charge in [-0.25, -0.2) is 0 Å². The van der Waals surface area contributed by atoms with Crippen LogP contribution in [-0.2, 0) is 16.0 Å². The number of hydrogen-bond donors (Lipinski definition) is 1. The molecule has 20 heavy (non-hydrogen) atoms. The molecule has 5 heteroatoms. The molecule has 0 aliphatic heterocycles. The van der Waals surface area contributed by atoms with Gasteiger partial charge in [0.25, 0.3) is 0 Å². The van der Waals surface area contributed by atoms with Crippen LogP contribution >= 0.6 is 0 Å². The molecule has 0 spiro atoms. The molecule has 2 aromatic rings. The van der Waals surface area contributed by atoms with Crippen LogP contribution in [0.4, 0.5) is 0 Å². The first-order valence-corrected chi connectivity index (χ1v) is 6.58. The second-order valence-corrected chi connectivity index (χ2v) is 4.94. The fourth-order valence-electron chi connectivity index (χ4n) is 2.06. The van der Waals surface area contributed by atoms with E-state index in [4.69, 9.17) is 9.47 Å². The van der Waals surface area contributed by atoms with Gasteiger partial charge < -0.3 is 19.4 Å². The van der Waals surface area contributed by atoms with Crippen LogP contribution in [0.2, 0.25) is 0 Å². The maximum atomic E-state index is 10.8. The van der Waals surface area contributed by atoms with Crippen LogP contribution in [0.5, 0.6) is 5.75 Å². The summed E-state index contributed by atoms with van der Waals surface area (Å²) >= 11 is 0. The number of fused-ring (bicyclic) bond motifs is 1. The lowest BCUT2D eigenvalue weighted by Crippen LogP contribution is -2.15. The Kier molecular flexibility index (Phi) is 4.63. The Balaban J connectivity index is 2.20. The van der Waals surface area contributed by atoms with Crippen LogP contribution < -0.4 is 4.74 Å². The van der Waals surface area contributed by atoms with Crippen molar-refractivity contribution >= 4 is 16.9 Å². The molecule has 1 heterocycles. The van der Waals surface area contributed by atoms with Crippen LogP contribution in [0.3, 0.4) is 0 Å². The van der Waals surface area contributed by atoms with Gasteiger partial charge in [-0.2, -0.15) is 0 Å². The molecule has 0 aliphatic carbocycles. The van der Waals surface area contributed by atoms with Gasteiger partial charge in [-0.05, 0) is 38.2 Å². The van der Waals surface area contributed by atoms with E-state index in [1.54, 1.807) is 0 Å². The molecule has 0 saturated heterocycles. The third-order valence-electron chi connectivity index (χ3n) is 3.05. The van der Waals surface area contributed by atoms with E-state index in [-0.39, 0.29) is 12.8 Å². The predicted octanol–water partition coefficient (Wildman–Crippen LogP) is 2.17. The first-order valence-electron chi connectivity index (χ1n) is 6.58. The highest BCUT2D eigenvalue weighted by Gasteiger charge is 2.10. The highest BCUT2D eigenvalue weighted by atomic mass is 16.7. The SMILES string of the molecule is CC(=O)OCOc1cccc2[nH]cc(CCN(C)C)c12. The number of nitrogens with one attached hydrogen (secondary N) is 1. The van der Waals surface area contributed by atoms with Crippen molar-refractivity contribution in [2.24, 2.45) is 0 Å². The fourth-order valence-corrected chi connectivity index (χ4v) is 2.06. The maximum absolute atomic E-state index is 10.8. The van der Waals surface area contributed by atoms with Gasteiger partial charge in [0.1, 0.15) is 5.75 Å². The fraction of sp³-hybridized carbons (Fsp3) is 0.400. The van der Waals surface area contributed by atoms with Crippen LogP contribution in [0.1, 0.15) is 12.5 Å². The largest absolute Gasteiger partial charge is 0.457 e. The van der Waals surface area contributed by atoms with E-state index in [0.29, 0.717) is 0 Å². The van der Waals surface area contributed by atoms with Crippen LogP contribution in [0, 0.1) is 0 Å². The smallest absolute Gasteiger partial charge is 0.305 e. The van der Waals surface area contributed by atoms with Crippen molar-refractivity contribution in [3.8, 4) is 5.75 Å². The minimum absolute atomic E-state index is 0.0628. The Morgan fingerprint density at radius 1 is 1.35 bits per heavy atom. The number of ether oxygens (including phenoxy) is 2. The third kappa shape index (κ3) is 3.51. The molecule has 1 N–H and O–H groups in total. The van der Waals surface area contributed by atoms with Crippen LogP contribution in [0.15, 0.2) is 24.4 Å². The van der Waals surface area contributed by atoms with Gasteiger partial charge >= 0.3 is 5.97 Å². The zero-order chi connectivity index (χ0) is 14.5. The molecule has 2 rings (SSSR count). The number of likely N-dealkylation sites (N-methyl/N-ethyl adjacent to an activating group) is 1. The van der Waals surface area contributed by atoms with Crippen molar-refractivity contribution < 1.29 is 14.3 Å². The van der Waals surface area contributed by atoms with E-state index in [0.717, 1.165) is 29.6 Å². The summed E-state index contributed by atoms with van der Waals surface area (Å²) in [5, 5.41) is 1.06. The topological polar surface area (TPSA) is 54.6 Å². The number of hydrogen-bond acceptors (Lipinski definition) is 4. The molecule has 0 unspecified atom stereocenters. The van der Waals surface area contributed by atoms with Crippen molar-refractivity contribution in [1.29, 1.82) is 0 Å². The number of aromatic nitrogens is 1. The normalized spacial score (nSPS) is 11.0. The molecule has 0 aliphatic rings. The highest BCUT2D eigenvalue weighted by molar-refractivity contribution is 5.89. The van der Waals surface area contributed by atoms with Gasteiger partial charge in [0.05, 0.1) is 0 Å². The molecule has 0 fully saturated rings. The van der Waals surface area contributed by atoms with Gasteiger partial charge in [-0.3, -0.25) is 4.79 Å². The van der Waals surface area contributed by atoms with E-state index in [9.17, 15) is 4.79 Å². The van der Waals surface area contributed by atoms with Crippen molar-refractivity contribution in [3.05, 3.63) is 30.0 Å². The minimum atomic E-state index is -0.348. The average Bonchev–Trinajstić information content (AvgIpc) is 2.80. The Morgan fingerprint density at radius 3 is 2.85 bits per heavy atom. The number of carbonyl (C=O) groups excluding carboxylic acids is 1. The summed E-state index contributed by atoms with van der Waals surface area (Å²) < 4.78 is 10.4. The number of esters is 1. The lowest BCUT2D eigenvalue weighted by Gasteiger charge is -2.11. The maximum Gasteiger partial charge on any atom is 0.305 e. The lowest BCUT2D eigenvalue weighted by atomic mass is 10.1. The molecular weight excluding hydrogens is 256 g/mol. The molecule has 0 amide bonds. The van der Waals surface area contributed by atoms with Crippen LogP contribution in [-0.4, -0.2) is 43.3 Å². The molecule has 0 radical (unpaired) electrons. The molecule has 0 saturated carbocycles. The molecule has 0 bridgehead atoms. The quantitative estimate of drug-likeness (QED) is 0.649. The van der Waals surface area contributed by atoms with E-state index in [2.05, 4.69) is 9.88 Å². The second-order valence-electron chi connectivity index (χ2n) is 4.94. The number of nitrogens with zero attached hydrogens (tertiary/aromatic N) is 1. The van der Waals surface area contributed by atoms with E-state index >= 15 is 0 Å². The van der Waals surface area contributed by atoms with Crippen molar-refractivity contribution in [2.75, 3.05) is 27.4 Å². The highest BCUT2D eigenvalue weighted by Crippen LogP contribution is 2.29. The third-order valence-corrected chi connectivity index (χ3v) is 3.05. The van der Waals surface area contributed by atoms with Gasteiger partial charge in [0.2, 0.25) is 6.79 Å².